The largest absolute Gasteiger partial charge is 0.454 e. The maximum atomic E-state index is 12.4. The molecule has 0 atom stereocenters. The molecule has 2 aliphatic heterocycles. The summed E-state index contributed by atoms with van der Waals surface area (Å²) in [6.45, 7) is 5.72. The molecular weight excluding hydrogens is 376 g/mol. The summed E-state index contributed by atoms with van der Waals surface area (Å²) in [5, 5.41) is 0. The molecule has 0 aromatic heterocycles. The Labute approximate surface area is 169 Å². The second-order valence-electron chi connectivity index (χ2n) is 7.37. The van der Waals surface area contributed by atoms with E-state index in [4.69, 9.17) is 4.74 Å². The van der Waals surface area contributed by atoms with E-state index in [1.54, 1.807) is 4.90 Å². The molecule has 0 aliphatic carbocycles. The van der Waals surface area contributed by atoms with Gasteiger partial charge in [0.25, 0.3) is 11.8 Å². The SMILES string of the molecule is Cc1cccc(N2CCN(C(=O)COC(=O)CN3C(=O)CN(C)C3=O)CC2)c1C. The lowest BCUT2D eigenvalue weighted by molar-refractivity contribution is -0.153. The summed E-state index contributed by atoms with van der Waals surface area (Å²) < 4.78 is 4.99. The van der Waals surface area contributed by atoms with Gasteiger partial charge in [-0.2, -0.15) is 0 Å². The highest BCUT2D eigenvalue weighted by Gasteiger charge is 2.35. The quantitative estimate of drug-likeness (QED) is 0.523. The summed E-state index contributed by atoms with van der Waals surface area (Å²) >= 11 is 0. The molecule has 29 heavy (non-hydrogen) atoms. The molecule has 2 heterocycles. The molecule has 0 bridgehead atoms. The van der Waals surface area contributed by atoms with Gasteiger partial charge in [0.2, 0.25) is 0 Å². The molecule has 0 spiro atoms. The molecule has 9 heteroatoms. The van der Waals surface area contributed by atoms with E-state index in [9.17, 15) is 19.2 Å². The number of piperazine rings is 1. The molecule has 0 unspecified atom stereocenters. The number of nitrogens with zero attached hydrogens (tertiary/aromatic N) is 4. The first-order valence-electron chi connectivity index (χ1n) is 9.58. The minimum absolute atomic E-state index is 0.0598. The van der Waals surface area contributed by atoms with Crippen LogP contribution in [0.25, 0.3) is 0 Å². The Balaban J connectivity index is 1.45. The molecule has 156 valence electrons. The standard InChI is InChI=1S/C20H26N4O5/c1-14-5-4-6-16(15(14)2)22-7-9-23(10-8-22)18(26)13-29-19(27)12-24-17(25)11-21(3)20(24)28/h4-6H,7-13H2,1-3H3. The molecule has 0 N–H and O–H groups in total. The Kier molecular flexibility index (Phi) is 6.05. The van der Waals surface area contributed by atoms with Crippen molar-refractivity contribution < 1.29 is 23.9 Å². The number of hydrogen-bond acceptors (Lipinski definition) is 6. The van der Waals surface area contributed by atoms with Crippen molar-refractivity contribution in [2.24, 2.45) is 0 Å². The summed E-state index contributed by atoms with van der Waals surface area (Å²) in [6, 6.07) is 5.65. The Hall–Kier alpha value is -3.10. The number of aryl methyl sites for hydroxylation is 1. The zero-order chi connectivity index (χ0) is 21.1. The summed E-state index contributed by atoms with van der Waals surface area (Å²) in [7, 11) is 1.48. The number of esters is 1. The summed E-state index contributed by atoms with van der Waals surface area (Å²) in [5.41, 5.74) is 3.64. The summed E-state index contributed by atoms with van der Waals surface area (Å²) in [5.74, 6) is -1.51. The average molecular weight is 402 g/mol. The van der Waals surface area contributed by atoms with Gasteiger partial charge in [0.05, 0.1) is 0 Å². The fraction of sp³-hybridized carbons (Fsp3) is 0.500. The molecule has 2 fully saturated rings. The van der Waals surface area contributed by atoms with Crippen LogP contribution >= 0.6 is 0 Å². The van der Waals surface area contributed by atoms with Crippen LogP contribution in [-0.4, -0.2) is 91.4 Å². The molecule has 1 aromatic carbocycles. The maximum absolute atomic E-state index is 12.4. The number of anilines is 1. The molecule has 3 rings (SSSR count). The third-order valence-electron chi connectivity index (χ3n) is 5.42. The van der Waals surface area contributed by atoms with Gasteiger partial charge in [-0.25, -0.2) is 4.79 Å². The summed E-state index contributed by atoms with van der Waals surface area (Å²) in [6.07, 6.45) is 0. The lowest BCUT2D eigenvalue weighted by Crippen LogP contribution is -2.50. The van der Waals surface area contributed by atoms with Crippen LogP contribution in [0.3, 0.4) is 0 Å². The van der Waals surface area contributed by atoms with Crippen molar-refractivity contribution >= 4 is 29.5 Å². The van der Waals surface area contributed by atoms with Crippen molar-refractivity contribution in [3.8, 4) is 0 Å². The fourth-order valence-corrected chi connectivity index (χ4v) is 3.51. The second kappa shape index (κ2) is 8.50. The number of amides is 4. The van der Waals surface area contributed by atoms with Crippen molar-refractivity contribution in [1.29, 1.82) is 0 Å². The van der Waals surface area contributed by atoms with Crippen LogP contribution in [0.1, 0.15) is 11.1 Å². The van der Waals surface area contributed by atoms with Crippen LogP contribution in [0.2, 0.25) is 0 Å². The minimum Gasteiger partial charge on any atom is -0.454 e. The Morgan fingerprint density at radius 1 is 1.07 bits per heavy atom. The van der Waals surface area contributed by atoms with Crippen molar-refractivity contribution in [1.82, 2.24) is 14.7 Å². The Morgan fingerprint density at radius 2 is 1.76 bits per heavy atom. The van der Waals surface area contributed by atoms with E-state index in [2.05, 4.69) is 30.9 Å². The monoisotopic (exact) mass is 402 g/mol. The molecule has 0 saturated carbocycles. The zero-order valence-electron chi connectivity index (χ0n) is 17.0. The van der Waals surface area contributed by atoms with Crippen molar-refractivity contribution in [3.05, 3.63) is 29.3 Å². The zero-order valence-corrected chi connectivity index (χ0v) is 17.0. The number of imide groups is 1. The number of likely N-dealkylation sites (N-methyl/N-ethyl adjacent to an activating group) is 1. The predicted molar refractivity (Wildman–Crippen MR) is 105 cm³/mol. The first kappa shape index (κ1) is 20.6. The third kappa shape index (κ3) is 4.49. The van der Waals surface area contributed by atoms with Gasteiger partial charge in [0.1, 0.15) is 13.1 Å². The second-order valence-corrected chi connectivity index (χ2v) is 7.37. The van der Waals surface area contributed by atoms with E-state index in [1.165, 1.54) is 28.8 Å². The molecule has 0 radical (unpaired) electrons. The van der Waals surface area contributed by atoms with E-state index in [0.29, 0.717) is 26.2 Å². The fourth-order valence-electron chi connectivity index (χ4n) is 3.51. The lowest BCUT2D eigenvalue weighted by atomic mass is 10.1. The molecule has 2 saturated heterocycles. The van der Waals surface area contributed by atoms with Crippen molar-refractivity contribution in [2.45, 2.75) is 13.8 Å². The lowest BCUT2D eigenvalue weighted by Gasteiger charge is -2.37. The topological polar surface area (TPSA) is 90.5 Å². The molecule has 1 aromatic rings. The van der Waals surface area contributed by atoms with E-state index >= 15 is 0 Å². The molecule has 4 amide bonds. The van der Waals surface area contributed by atoms with E-state index in [0.717, 1.165) is 4.90 Å². The van der Waals surface area contributed by atoms with Gasteiger partial charge >= 0.3 is 12.0 Å². The number of carbonyl (C=O) groups excluding carboxylic acids is 4. The van der Waals surface area contributed by atoms with Gasteiger partial charge in [0.15, 0.2) is 6.61 Å². The predicted octanol–water partition coefficient (Wildman–Crippen LogP) is 0.389. The first-order chi connectivity index (χ1) is 13.8. The van der Waals surface area contributed by atoms with Crippen LogP contribution in [0.5, 0.6) is 0 Å². The Morgan fingerprint density at radius 3 is 2.38 bits per heavy atom. The number of ether oxygens (including phenoxy) is 1. The number of urea groups is 1. The van der Waals surface area contributed by atoms with Crippen molar-refractivity contribution in [3.63, 3.8) is 0 Å². The van der Waals surface area contributed by atoms with E-state index < -0.39 is 31.1 Å². The Bertz CT molecular complexity index is 832. The number of rotatable bonds is 5. The van der Waals surface area contributed by atoms with Gasteiger partial charge in [-0.15, -0.1) is 0 Å². The first-order valence-corrected chi connectivity index (χ1v) is 9.58. The van der Waals surface area contributed by atoms with Crippen LogP contribution in [-0.2, 0) is 19.1 Å². The number of hydrogen-bond donors (Lipinski definition) is 0. The smallest absolute Gasteiger partial charge is 0.327 e. The highest BCUT2D eigenvalue weighted by molar-refractivity contribution is 6.04. The third-order valence-corrected chi connectivity index (χ3v) is 5.42. The molecule has 2 aliphatic rings. The van der Waals surface area contributed by atoms with Gasteiger partial charge in [-0.1, -0.05) is 12.1 Å². The minimum atomic E-state index is -0.774. The van der Waals surface area contributed by atoms with Gasteiger partial charge in [-0.05, 0) is 31.0 Å². The van der Waals surface area contributed by atoms with E-state index in [1.807, 2.05) is 6.07 Å². The molecule has 9 nitrogen and oxygen atoms in total. The normalized spacial score (nSPS) is 17.2. The van der Waals surface area contributed by atoms with Crippen LogP contribution in [0.15, 0.2) is 18.2 Å². The van der Waals surface area contributed by atoms with Crippen LogP contribution in [0, 0.1) is 13.8 Å². The number of benzene rings is 1. The highest BCUT2D eigenvalue weighted by atomic mass is 16.5. The van der Waals surface area contributed by atoms with Crippen LogP contribution < -0.4 is 4.90 Å². The maximum Gasteiger partial charge on any atom is 0.327 e. The highest BCUT2D eigenvalue weighted by Crippen LogP contribution is 2.23. The van der Waals surface area contributed by atoms with E-state index in [-0.39, 0.29) is 12.5 Å². The van der Waals surface area contributed by atoms with Gasteiger partial charge in [0, 0.05) is 38.9 Å². The van der Waals surface area contributed by atoms with Gasteiger partial charge < -0.3 is 19.4 Å². The summed E-state index contributed by atoms with van der Waals surface area (Å²) in [4.78, 5) is 53.7. The average Bonchev–Trinajstić information content (AvgIpc) is 2.94. The molecular formula is C20H26N4O5. The number of carbonyl (C=O) groups is 4. The van der Waals surface area contributed by atoms with Crippen molar-refractivity contribution in [2.75, 3.05) is 57.8 Å². The van der Waals surface area contributed by atoms with Gasteiger partial charge in [-0.3, -0.25) is 19.3 Å². The van der Waals surface area contributed by atoms with Crippen LogP contribution in [0.4, 0.5) is 10.5 Å².